The molecule has 6 nitrogen and oxygen atoms in total. The van der Waals surface area contributed by atoms with E-state index in [2.05, 4.69) is 28.1 Å². The van der Waals surface area contributed by atoms with E-state index in [1.165, 1.54) is 12.0 Å². The molecule has 0 aromatic heterocycles. The molecule has 0 aliphatic rings. The molecule has 0 bridgehead atoms. The first kappa shape index (κ1) is 27.4. The summed E-state index contributed by atoms with van der Waals surface area (Å²) < 4.78 is 6.67. The molecule has 7 heteroatoms. The van der Waals surface area contributed by atoms with E-state index in [-0.39, 0.29) is 12.5 Å². The van der Waals surface area contributed by atoms with Crippen LogP contribution in [0.1, 0.15) is 31.9 Å². The van der Waals surface area contributed by atoms with Gasteiger partial charge in [-0.25, -0.2) is 9.86 Å². The molecule has 0 spiro atoms. The molecule has 36 heavy (non-hydrogen) atoms. The Labute approximate surface area is 221 Å². The fourth-order valence-electron chi connectivity index (χ4n) is 3.73. The minimum atomic E-state index is -0.834. The molecular formula is C29H33BrN2O4. The first-order valence-corrected chi connectivity index (χ1v) is 12.6. The van der Waals surface area contributed by atoms with Crippen LogP contribution in [0.25, 0.3) is 11.1 Å². The van der Waals surface area contributed by atoms with E-state index in [9.17, 15) is 9.59 Å². The number of hydroxylamine groups is 2. The van der Waals surface area contributed by atoms with Crippen molar-refractivity contribution >= 4 is 27.9 Å². The average Bonchev–Trinajstić information content (AvgIpc) is 2.86. The monoisotopic (exact) mass is 552 g/mol. The van der Waals surface area contributed by atoms with E-state index in [4.69, 9.17) is 9.57 Å². The number of carbonyl (C=O) groups is 2. The molecule has 3 aromatic rings. The molecule has 1 unspecified atom stereocenters. The van der Waals surface area contributed by atoms with Gasteiger partial charge in [-0.1, -0.05) is 82.7 Å². The van der Waals surface area contributed by atoms with Crippen LogP contribution < -0.4 is 0 Å². The lowest BCUT2D eigenvalue weighted by Crippen LogP contribution is -2.51. The topological polar surface area (TPSA) is 59.1 Å². The number of amides is 2. The molecule has 0 N–H and O–H groups in total. The van der Waals surface area contributed by atoms with Gasteiger partial charge < -0.3 is 4.74 Å². The minimum absolute atomic E-state index is 0.203. The van der Waals surface area contributed by atoms with Gasteiger partial charge in [-0.05, 0) is 55.2 Å². The molecule has 0 saturated carbocycles. The summed E-state index contributed by atoms with van der Waals surface area (Å²) in [5, 5.41) is 1.15. The summed E-state index contributed by atoms with van der Waals surface area (Å²) in [7, 11) is 2.97. The van der Waals surface area contributed by atoms with Crippen molar-refractivity contribution in [3.8, 4) is 11.1 Å². The van der Waals surface area contributed by atoms with Crippen molar-refractivity contribution in [1.82, 2.24) is 9.96 Å². The highest BCUT2D eigenvalue weighted by molar-refractivity contribution is 9.10. The standard InChI is InChI=1S/C29H33BrN2O4/c1-29(2,3)36-28(34)32(20-22-11-15-24(16-12-22)23-9-7-6-8-10-23)26(27(33)31(4)35-5)19-21-13-17-25(30)18-14-21/h6-18,26H,19-20H2,1-5H3. The van der Waals surface area contributed by atoms with E-state index in [1.807, 2.05) is 87.5 Å². The smallest absolute Gasteiger partial charge is 0.411 e. The number of ether oxygens (including phenoxy) is 1. The van der Waals surface area contributed by atoms with E-state index in [1.54, 1.807) is 7.05 Å². The van der Waals surface area contributed by atoms with Crippen LogP contribution in [0.3, 0.4) is 0 Å². The van der Waals surface area contributed by atoms with Crippen LogP contribution in [-0.4, -0.2) is 47.8 Å². The van der Waals surface area contributed by atoms with Gasteiger partial charge in [0, 0.05) is 24.5 Å². The van der Waals surface area contributed by atoms with Crippen molar-refractivity contribution in [3.63, 3.8) is 0 Å². The molecule has 3 aromatic carbocycles. The zero-order chi connectivity index (χ0) is 26.3. The zero-order valence-electron chi connectivity index (χ0n) is 21.4. The minimum Gasteiger partial charge on any atom is -0.444 e. The zero-order valence-corrected chi connectivity index (χ0v) is 23.0. The maximum absolute atomic E-state index is 13.4. The second-order valence-corrected chi connectivity index (χ2v) is 10.5. The molecule has 0 saturated heterocycles. The van der Waals surface area contributed by atoms with Gasteiger partial charge in [0.05, 0.1) is 7.11 Å². The first-order valence-electron chi connectivity index (χ1n) is 11.8. The molecule has 3 rings (SSSR count). The number of nitrogens with zero attached hydrogens (tertiary/aromatic N) is 2. The number of likely N-dealkylation sites (N-methyl/N-ethyl adjacent to an activating group) is 1. The Kier molecular flexibility index (Phi) is 9.29. The number of halogens is 1. The van der Waals surface area contributed by atoms with Crippen LogP contribution in [0.5, 0.6) is 0 Å². The molecule has 1 atom stereocenters. The average molecular weight is 553 g/mol. The van der Waals surface area contributed by atoms with E-state index in [0.717, 1.165) is 31.8 Å². The quantitative estimate of drug-likeness (QED) is 0.300. The Morgan fingerprint density at radius 3 is 1.97 bits per heavy atom. The normalized spacial score (nSPS) is 12.1. The number of carbonyl (C=O) groups excluding carboxylic acids is 2. The molecule has 0 radical (unpaired) electrons. The fraction of sp³-hybridized carbons (Fsp3) is 0.310. The summed E-state index contributed by atoms with van der Waals surface area (Å²) in [6.07, 6.45) is -0.254. The second kappa shape index (κ2) is 12.2. The van der Waals surface area contributed by atoms with Crippen LogP contribution >= 0.6 is 15.9 Å². The van der Waals surface area contributed by atoms with Crippen molar-refractivity contribution in [2.24, 2.45) is 0 Å². The molecule has 0 aliphatic carbocycles. The maximum atomic E-state index is 13.4. The predicted molar refractivity (Wildman–Crippen MR) is 145 cm³/mol. The van der Waals surface area contributed by atoms with E-state index in [0.29, 0.717) is 6.42 Å². The van der Waals surface area contributed by atoms with Gasteiger partial charge in [0.2, 0.25) is 0 Å². The lowest BCUT2D eigenvalue weighted by atomic mass is 10.0. The Morgan fingerprint density at radius 2 is 1.42 bits per heavy atom. The number of benzene rings is 3. The van der Waals surface area contributed by atoms with Crippen molar-refractivity contribution in [3.05, 3.63) is 94.5 Å². The van der Waals surface area contributed by atoms with Gasteiger partial charge in [0.1, 0.15) is 11.6 Å². The van der Waals surface area contributed by atoms with Gasteiger partial charge in [0.25, 0.3) is 5.91 Å². The second-order valence-electron chi connectivity index (χ2n) is 9.54. The van der Waals surface area contributed by atoms with Crippen LogP contribution in [0.15, 0.2) is 83.3 Å². The Morgan fingerprint density at radius 1 is 0.861 bits per heavy atom. The summed E-state index contributed by atoms with van der Waals surface area (Å²) in [6, 6.07) is 24.9. The van der Waals surface area contributed by atoms with Gasteiger partial charge in [-0.15, -0.1) is 0 Å². The molecular weight excluding hydrogens is 520 g/mol. The lowest BCUT2D eigenvalue weighted by Gasteiger charge is -2.34. The summed E-state index contributed by atoms with van der Waals surface area (Å²) in [6.45, 7) is 5.63. The van der Waals surface area contributed by atoms with Gasteiger partial charge in [0.15, 0.2) is 0 Å². The molecule has 190 valence electrons. The molecule has 2 amide bonds. The number of hydrogen-bond acceptors (Lipinski definition) is 4. The highest BCUT2D eigenvalue weighted by Gasteiger charge is 2.35. The van der Waals surface area contributed by atoms with Crippen LogP contribution in [0.2, 0.25) is 0 Å². The highest BCUT2D eigenvalue weighted by atomic mass is 79.9. The SMILES string of the molecule is CON(C)C(=O)C(Cc1ccc(Br)cc1)N(Cc1ccc(-c2ccccc2)cc1)C(=O)OC(C)(C)C. The number of rotatable bonds is 8. The van der Waals surface area contributed by atoms with Crippen LogP contribution in [0.4, 0.5) is 4.79 Å². The van der Waals surface area contributed by atoms with Crippen molar-refractivity contribution in [1.29, 1.82) is 0 Å². The van der Waals surface area contributed by atoms with E-state index < -0.39 is 17.7 Å². The van der Waals surface area contributed by atoms with E-state index >= 15 is 0 Å². The van der Waals surface area contributed by atoms with Crippen molar-refractivity contribution in [2.75, 3.05) is 14.2 Å². The lowest BCUT2D eigenvalue weighted by molar-refractivity contribution is -0.174. The summed E-state index contributed by atoms with van der Waals surface area (Å²) >= 11 is 3.45. The van der Waals surface area contributed by atoms with Gasteiger partial charge >= 0.3 is 6.09 Å². The Hall–Kier alpha value is -3.16. The summed E-state index contributed by atoms with van der Waals surface area (Å²) in [5.74, 6) is -0.341. The van der Waals surface area contributed by atoms with Crippen LogP contribution in [-0.2, 0) is 27.3 Å². The maximum Gasteiger partial charge on any atom is 0.411 e. The van der Waals surface area contributed by atoms with Crippen molar-refractivity contribution in [2.45, 2.75) is 45.4 Å². The fourth-order valence-corrected chi connectivity index (χ4v) is 3.99. The number of hydrogen-bond donors (Lipinski definition) is 0. The third kappa shape index (κ3) is 7.67. The third-order valence-electron chi connectivity index (χ3n) is 5.63. The molecule has 0 fully saturated rings. The third-order valence-corrected chi connectivity index (χ3v) is 6.16. The molecule has 0 aliphatic heterocycles. The Balaban J connectivity index is 1.96. The van der Waals surface area contributed by atoms with Gasteiger partial charge in [-0.2, -0.15) is 0 Å². The predicted octanol–water partition coefficient (Wildman–Crippen LogP) is 6.48. The molecule has 0 heterocycles. The first-order chi connectivity index (χ1) is 17.1. The van der Waals surface area contributed by atoms with Crippen LogP contribution in [0, 0.1) is 0 Å². The summed E-state index contributed by atoms with van der Waals surface area (Å²) in [4.78, 5) is 33.5. The van der Waals surface area contributed by atoms with Gasteiger partial charge in [-0.3, -0.25) is 14.5 Å². The largest absolute Gasteiger partial charge is 0.444 e. The summed E-state index contributed by atoms with van der Waals surface area (Å²) in [5.41, 5.74) is 3.26. The highest BCUT2D eigenvalue weighted by Crippen LogP contribution is 2.23. The van der Waals surface area contributed by atoms with Crippen molar-refractivity contribution < 1.29 is 19.2 Å². The Bertz CT molecular complexity index is 1140.